The first kappa shape index (κ1) is 9.41. The zero-order chi connectivity index (χ0) is 7.28. The summed E-state index contributed by atoms with van der Waals surface area (Å²) in [6.07, 6.45) is 0. The maximum absolute atomic E-state index is 10.3. The normalized spacial score (nSPS) is 8.89. The van der Waals surface area contributed by atoms with E-state index in [1.54, 1.807) is 0 Å². The van der Waals surface area contributed by atoms with Crippen LogP contribution in [0, 0.1) is 5.92 Å². The van der Waals surface area contributed by atoms with Gasteiger partial charge < -0.3 is 0 Å². The molecular weight excluding hydrogens is 305 g/mol. The van der Waals surface area contributed by atoms with Crippen molar-refractivity contribution in [3.8, 4) is 0 Å². The van der Waals surface area contributed by atoms with Gasteiger partial charge in [0.15, 0.2) is 0 Å². The molecular formula is C6H12HgO2. The molecule has 50 valence electrons. The zero-order valence-corrected chi connectivity index (χ0v) is 11.8. The molecule has 0 aliphatic heterocycles. The molecule has 0 fully saturated rings. The van der Waals surface area contributed by atoms with E-state index in [2.05, 4.69) is 13.8 Å². The van der Waals surface area contributed by atoms with E-state index >= 15 is 0 Å². The van der Waals surface area contributed by atoms with Crippen LogP contribution < -0.4 is 0 Å². The van der Waals surface area contributed by atoms with Crippen LogP contribution in [0.5, 0.6) is 0 Å². The van der Waals surface area contributed by atoms with Gasteiger partial charge in [0.25, 0.3) is 0 Å². The fourth-order valence-corrected chi connectivity index (χ4v) is 3.85. The van der Waals surface area contributed by atoms with Crippen LogP contribution in [0.3, 0.4) is 0 Å². The van der Waals surface area contributed by atoms with Gasteiger partial charge in [-0.3, -0.25) is 0 Å². The first-order valence-electron chi connectivity index (χ1n) is 3.26. The molecule has 0 saturated heterocycles. The van der Waals surface area contributed by atoms with Gasteiger partial charge in [0.1, 0.15) is 0 Å². The van der Waals surface area contributed by atoms with Gasteiger partial charge in [-0.15, -0.1) is 0 Å². The maximum atomic E-state index is 10.3. The number of rotatable bonds is 3. The number of hydrogen-bond donors (Lipinski definition) is 0. The molecule has 2 nitrogen and oxygen atoms in total. The second-order valence-electron chi connectivity index (χ2n) is 2.52. The molecule has 3 heteroatoms. The number of hydrogen-bond acceptors (Lipinski definition) is 2. The third-order valence-electron chi connectivity index (χ3n) is 1.00. The van der Waals surface area contributed by atoms with Crippen LogP contribution in [-0.4, -0.2) is 5.97 Å². The Morgan fingerprint density at radius 3 is 2.56 bits per heavy atom. The third-order valence-corrected chi connectivity index (χ3v) is 8.78. The molecule has 0 rings (SSSR count). The Morgan fingerprint density at radius 2 is 2.22 bits per heavy atom. The van der Waals surface area contributed by atoms with Crippen molar-refractivity contribution < 1.29 is 32.5 Å². The molecule has 0 unspecified atom stereocenters. The van der Waals surface area contributed by atoms with Gasteiger partial charge in [-0.1, -0.05) is 0 Å². The molecule has 0 radical (unpaired) electrons. The summed E-state index contributed by atoms with van der Waals surface area (Å²) >= 11 is -1.19. The quantitative estimate of drug-likeness (QED) is 0.740. The van der Waals surface area contributed by atoms with E-state index in [-0.39, 0.29) is 5.97 Å². The first-order chi connectivity index (χ1) is 4.13. The van der Waals surface area contributed by atoms with Gasteiger partial charge in [0, 0.05) is 0 Å². The second-order valence-corrected chi connectivity index (χ2v) is 7.48. The van der Waals surface area contributed by atoms with Crippen LogP contribution in [0.4, 0.5) is 0 Å². The summed E-state index contributed by atoms with van der Waals surface area (Å²) in [5.41, 5.74) is 0. The van der Waals surface area contributed by atoms with Crippen molar-refractivity contribution >= 4 is 5.97 Å². The van der Waals surface area contributed by atoms with E-state index in [0.29, 0.717) is 5.92 Å². The Bertz CT molecular complexity index is 91.1. The van der Waals surface area contributed by atoms with Crippen molar-refractivity contribution in [3.63, 3.8) is 0 Å². The molecule has 0 aromatic heterocycles. The van der Waals surface area contributed by atoms with E-state index < -0.39 is 25.0 Å². The van der Waals surface area contributed by atoms with Crippen LogP contribution in [0.2, 0.25) is 3.93 Å². The topological polar surface area (TPSA) is 26.3 Å². The molecule has 0 aliphatic rings. The van der Waals surface area contributed by atoms with Gasteiger partial charge in [-0.05, 0) is 0 Å². The van der Waals surface area contributed by atoms with Crippen LogP contribution in [-0.2, 0) is 32.5 Å². The fourth-order valence-electron chi connectivity index (χ4n) is 0.438. The average Bonchev–Trinajstić information content (AvgIpc) is 1.63. The molecule has 0 aromatic rings. The van der Waals surface area contributed by atoms with Crippen molar-refractivity contribution in [3.05, 3.63) is 0 Å². The van der Waals surface area contributed by atoms with Crippen molar-refractivity contribution in [2.45, 2.75) is 24.7 Å². The predicted molar refractivity (Wildman–Crippen MR) is 31.4 cm³/mol. The third kappa shape index (κ3) is 8.41. The summed E-state index contributed by atoms with van der Waals surface area (Å²) in [5, 5.41) is 0. The summed E-state index contributed by atoms with van der Waals surface area (Å²) in [4.78, 5) is 10.3. The average molecular weight is 317 g/mol. The Balaban J connectivity index is 3.01. The Hall–Kier alpha value is 0.405. The second kappa shape index (κ2) is 5.21. The van der Waals surface area contributed by atoms with Crippen molar-refractivity contribution in [2.75, 3.05) is 0 Å². The minimum atomic E-state index is -1.19. The number of carbonyl (C=O) groups is 1. The van der Waals surface area contributed by atoms with Gasteiger partial charge in [-0.2, -0.15) is 0 Å². The zero-order valence-electron chi connectivity index (χ0n) is 6.31. The van der Waals surface area contributed by atoms with E-state index in [4.69, 9.17) is 2.64 Å². The Kier molecular flexibility index (Phi) is 5.44. The molecule has 0 bridgehead atoms. The molecule has 0 atom stereocenters. The molecule has 0 N–H and O–H groups in total. The Morgan fingerprint density at radius 1 is 1.67 bits per heavy atom. The summed E-state index contributed by atoms with van der Waals surface area (Å²) in [6.45, 7) is 5.80. The van der Waals surface area contributed by atoms with Crippen LogP contribution in [0.1, 0.15) is 20.8 Å². The summed E-state index contributed by atoms with van der Waals surface area (Å²) in [6, 6.07) is 0. The SMILES string of the molecule is CC(=O)[O][Hg][CH2]C(C)C. The summed E-state index contributed by atoms with van der Waals surface area (Å²) in [5.74, 6) is 0.628. The van der Waals surface area contributed by atoms with Gasteiger partial charge >= 0.3 is 69.1 Å². The van der Waals surface area contributed by atoms with E-state index in [1.807, 2.05) is 0 Å². The van der Waals surface area contributed by atoms with Crippen LogP contribution >= 0.6 is 0 Å². The molecule has 0 amide bonds. The molecule has 9 heavy (non-hydrogen) atoms. The summed E-state index contributed by atoms with van der Waals surface area (Å²) in [7, 11) is 0. The van der Waals surface area contributed by atoms with Crippen LogP contribution in [0.25, 0.3) is 0 Å². The van der Waals surface area contributed by atoms with Gasteiger partial charge in [0.2, 0.25) is 0 Å². The molecule has 0 spiro atoms. The monoisotopic (exact) mass is 318 g/mol. The van der Waals surface area contributed by atoms with Crippen molar-refractivity contribution in [1.82, 2.24) is 0 Å². The minimum absolute atomic E-state index is 0.0858. The fraction of sp³-hybridized carbons (Fsp3) is 0.833. The van der Waals surface area contributed by atoms with E-state index in [1.165, 1.54) is 10.9 Å². The van der Waals surface area contributed by atoms with E-state index in [9.17, 15) is 4.79 Å². The molecule has 0 heterocycles. The predicted octanol–water partition coefficient (Wildman–Crippen LogP) is 1.62. The Labute approximate surface area is 69.1 Å². The van der Waals surface area contributed by atoms with Crippen molar-refractivity contribution in [2.24, 2.45) is 5.92 Å². The first-order valence-corrected chi connectivity index (χ1v) is 9.39. The molecule has 0 saturated carbocycles. The molecule has 0 aliphatic carbocycles. The van der Waals surface area contributed by atoms with Crippen molar-refractivity contribution in [1.29, 1.82) is 0 Å². The summed E-state index contributed by atoms with van der Waals surface area (Å²) < 4.78 is 6.12. The van der Waals surface area contributed by atoms with E-state index in [0.717, 1.165) is 0 Å². The van der Waals surface area contributed by atoms with Crippen LogP contribution in [0.15, 0.2) is 0 Å². The van der Waals surface area contributed by atoms with Gasteiger partial charge in [0.05, 0.1) is 0 Å². The standard InChI is InChI=1S/C4H9.C2H4O2.Hg/c1-4(2)3;1-2(3)4;/h4H,1H2,2-3H3;1H3,(H,3,4);/q;;+1/p-1. The van der Waals surface area contributed by atoms with Gasteiger partial charge in [-0.25, -0.2) is 0 Å². The number of carbonyl (C=O) groups excluding carboxylic acids is 1. The molecule has 0 aromatic carbocycles.